The molecule has 0 aromatic heterocycles. The van der Waals surface area contributed by atoms with Gasteiger partial charge in [-0.1, -0.05) is 12.1 Å². The van der Waals surface area contributed by atoms with Gasteiger partial charge in [-0.2, -0.15) is 5.10 Å². The number of amides is 2. The second-order valence-electron chi connectivity index (χ2n) is 3.59. The highest BCUT2D eigenvalue weighted by Crippen LogP contribution is 2.14. The van der Waals surface area contributed by atoms with Crippen LogP contribution >= 0.6 is 0 Å². The Kier molecular flexibility index (Phi) is 5.50. The maximum absolute atomic E-state index is 11.2. The third kappa shape index (κ3) is 5.06. The number of carbonyl (C=O) groups excluding carboxylic acids is 2. The number of nitro groups is 1. The van der Waals surface area contributed by atoms with E-state index in [9.17, 15) is 24.5 Å². The number of nitrogens with one attached hydrogen (secondary N) is 2. The van der Waals surface area contributed by atoms with Gasteiger partial charge in [-0.15, -0.1) is 0 Å². The monoisotopic (exact) mass is 294 g/mol. The summed E-state index contributed by atoms with van der Waals surface area (Å²) < 4.78 is 0. The smallest absolute Gasteiger partial charge is 0.329 e. The van der Waals surface area contributed by atoms with E-state index in [1.807, 2.05) is 10.7 Å². The summed E-state index contributed by atoms with van der Waals surface area (Å²) in [4.78, 5) is 42.6. The van der Waals surface area contributed by atoms with E-state index in [4.69, 9.17) is 5.11 Å². The second-order valence-corrected chi connectivity index (χ2v) is 3.59. The molecule has 1 aromatic carbocycles. The lowest BCUT2D eigenvalue weighted by Gasteiger charge is -2.00. The molecule has 10 nitrogen and oxygen atoms in total. The van der Waals surface area contributed by atoms with Gasteiger partial charge < -0.3 is 10.4 Å². The minimum atomic E-state index is -1.31. The second kappa shape index (κ2) is 7.33. The Morgan fingerprint density at radius 3 is 2.57 bits per heavy atom. The molecular formula is C11H10N4O6. The molecule has 1 rings (SSSR count). The largest absolute Gasteiger partial charge is 0.480 e. The third-order valence-electron chi connectivity index (χ3n) is 2.11. The Labute approximate surface area is 117 Å². The number of rotatable bonds is 5. The highest BCUT2D eigenvalue weighted by molar-refractivity contribution is 6.35. The van der Waals surface area contributed by atoms with Crippen molar-refractivity contribution in [1.82, 2.24) is 10.7 Å². The lowest BCUT2D eigenvalue weighted by Crippen LogP contribution is -2.40. The maximum Gasteiger partial charge on any atom is 0.329 e. The molecule has 0 unspecified atom stereocenters. The number of para-hydroxylation sites is 1. The van der Waals surface area contributed by atoms with Crippen LogP contribution in [0.5, 0.6) is 0 Å². The Bertz CT molecular complexity index is 612. The lowest BCUT2D eigenvalue weighted by molar-refractivity contribution is -0.385. The molecular weight excluding hydrogens is 284 g/mol. The molecule has 0 fully saturated rings. The zero-order chi connectivity index (χ0) is 15.8. The number of nitrogens with zero attached hydrogens (tertiary/aromatic N) is 2. The Morgan fingerprint density at radius 1 is 1.29 bits per heavy atom. The van der Waals surface area contributed by atoms with Crippen LogP contribution in [0.2, 0.25) is 0 Å². The number of carbonyl (C=O) groups is 3. The average Bonchev–Trinajstić information content (AvgIpc) is 2.44. The van der Waals surface area contributed by atoms with Crippen molar-refractivity contribution in [3.05, 3.63) is 39.9 Å². The van der Waals surface area contributed by atoms with Gasteiger partial charge in [0, 0.05) is 6.07 Å². The fraction of sp³-hybridized carbons (Fsp3) is 0.0909. The van der Waals surface area contributed by atoms with Gasteiger partial charge in [-0.05, 0) is 6.07 Å². The van der Waals surface area contributed by atoms with Crippen molar-refractivity contribution in [3.63, 3.8) is 0 Å². The molecule has 0 bridgehead atoms. The van der Waals surface area contributed by atoms with Crippen molar-refractivity contribution in [2.45, 2.75) is 0 Å². The lowest BCUT2D eigenvalue weighted by atomic mass is 10.2. The van der Waals surface area contributed by atoms with E-state index < -0.39 is 29.3 Å². The molecule has 0 radical (unpaired) electrons. The number of aliphatic carboxylic acids is 1. The quantitative estimate of drug-likeness (QED) is 0.281. The average molecular weight is 294 g/mol. The van der Waals surface area contributed by atoms with Crippen LogP contribution in [0.25, 0.3) is 0 Å². The number of hydrogen-bond acceptors (Lipinski definition) is 6. The zero-order valence-electron chi connectivity index (χ0n) is 10.5. The van der Waals surface area contributed by atoms with E-state index in [1.54, 1.807) is 0 Å². The van der Waals surface area contributed by atoms with Gasteiger partial charge in [-0.3, -0.25) is 24.5 Å². The number of hydrogen-bond donors (Lipinski definition) is 3. The molecule has 110 valence electrons. The maximum atomic E-state index is 11.2. The van der Waals surface area contributed by atoms with Crippen LogP contribution in [-0.4, -0.2) is 40.6 Å². The van der Waals surface area contributed by atoms with Crippen LogP contribution in [0.15, 0.2) is 29.4 Å². The molecule has 3 N–H and O–H groups in total. The summed E-state index contributed by atoms with van der Waals surface area (Å²) >= 11 is 0. The topological polar surface area (TPSA) is 151 Å². The summed E-state index contributed by atoms with van der Waals surface area (Å²) in [5, 5.41) is 24.2. The molecule has 0 atom stereocenters. The van der Waals surface area contributed by atoms with Crippen molar-refractivity contribution < 1.29 is 24.4 Å². The highest BCUT2D eigenvalue weighted by atomic mass is 16.6. The first-order chi connectivity index (χ1) is 9.91. The molecule has 0 aliphatic rings. The molecule has 0 saturated carbocycles. The van der Waals surface area contributed by atoms with E-state index >= 15 is 0 Å². The van der Waals surface area contributed by atoms with E-state index in [-0.39, 0.29) is 11.3 Å². The first kappa shape index (κ1) is 15.8. The summed E-state index contributed by atoms with van der Waals surface area (Å²) in [5.74, 6) is -3.68. The fourth-order valence-electron chi connectivity index (χ4n) is 1.21. The minimum Gasteiger partial charge on any atom is -0.480 e. The van der Waals surface area contributed by atoms with Crippen LogP contribution < -0.4 is 10.7 Å². The number of benzene rings is 1. The van der Waals surface area contributed by atoms with Crippen LogP contribution in [0, 0.1) is 10.1 Å². The zero-order valence-corrected chi connectivity index (χ0v) is 10.5. The van der Waals surface area contributed by atoms with Gasteiger partial charge in [-0.25, -0.2) is 5.43 Å². The summed E-state index contributed by atoms with van der Waals surface area (Å²) in [5.41, 5.74) is 1.74. The molecule has 1 aromatic rings. The third-order valence-corrected chi connectivity index (χ3v) is 2.11. The van der Waals surface area contributed by atoms with E-state index in [0.717, 1.165) is 6.21 Å². The van der Waals surface area contributed by atoms with E-state index in [2.05, 4.69) is 5.10 Å². The van der Waals surface area contributed by atoms with Crippen molar-refractivity contribution in [2.24, 2.45) is 5.10 Å². The van der Waals surface area contributed by atoms with Crippen molar-refractivity contribution in [1.29, 1.82) is 0 Å². The van der Waals surface area contributed by atoms with Gasteiger partial charge in [0.1, 0.15) is 6.54 Å². The Hall–Kier alpha value is -3.30. The normalized spacial score (nSPS) is 10.1. The number of carboxylic acids is 1. The van der Waals surface area contributed by atoms with Crippen molar-refractivity contribution in [3.8, 4) is 0 Å². The summed E-state index contributed by atoms with van der Waals surface area (Å²) in [6, 6.07) is 5.66. The number of hydrazone groups is 1. The molecule has 2 amide bonds. The highest BCUT2D eigenvalue weighted by Gasteiger charge is 2.14. The summed E-state index contributed by atoms with van der Waals surface area (Å²) in [6.07, 6.45) is 1.00. The summed E-state index contributed by atoms with van der Waals surface area (Å²) in [6.45, 7) is -0.708. The minimum absolute atomic E-state index is 0.133. The van der Waals surface area contributed by atoms with E-state index in [1.165, 1.54) is 24.3 Å². The van der Waals surface area contributed by atoms with Crippen LogP contribution in [-0.2, 0) is 14.4 Å². The number of carboxylic acid groups (broad SMARTS) is 1. The predicted molar refractivity (Wildman–Crippen MR) is 69.5 cm³/mol. The van der Waals surface area contributed by atoms with Crippen LogP contribution in [0.1, 0.15) is 5.56 Å². The Balaban J connectivity index is 2.62. The summed E-state index contributed by atoms with van der Waals surface area (Å²) in [7, 11) is 0. The first-order valence-corrected chi connectivity index (χ1v) is 5.48. The van der Waals surface area contributed by atoms with Gasteiger partial charge in [0.15, 0.2) is 0 Å². The van der Waals surface area contributed by atoms with Crippen molar-refractivity contribution in [2.75, 3.05) is 6.54 Å². The van der Waals surface area contributed by atoms with Crippen molar-refractivity contribution >= 4 is 29.7 Å². The SMILES string of the molecule is O=C(O)CNC(=O)C(=O)N/N=C/c1ccccc1[N+](=O)[O-]. The van der Waals surface area contributed by atoms with Gasteiger partial charge in [0.05, 0.1) is 16.7 Å². The van der Waals surface area contributed by atoms with E-state index in [0.29, 0.717) is 0 Å². The molecule has 0 spiro atoms. The molecule has 0 aliphatic carbocycles. The van der Waals surface area contributed by atoms with Crippen LogP contribution in [0.4, 0.5) is 5.69 Å². The fourth-order valence-corrected chi connectivity index (χ4v) is 1.21. The number of nitro benzene ring substituents is 1. The molecule has 0 saturated heterocycles. The van der Waals surface area contributed by atoms with Crippen LogP contribution in [0.3, 0.4) is 0 Å². The molecule has 21 heavy (non-hydrogen) atoms. The molecule has 10 heteroatoms. The van der Waals surface area contributed by atoms with Gasteiger partial charge in [0.25, 0.3) is 5.69 Å². The van der Waals surface area contributed by atoms with Gasteiger partial charge >= 0.3 is 17.8 Å². The Morgan fingerprint density at radius 2 is 1.95 bits per heavy atom. The molecule has 0 aliphatic heterocycles. The predicted octanol–water partition coefficient (Wildman–Crippen LogP) is -0.754. The standard InChI is InChI=1S/C11H10N4O6/c16-9(17)6-12-10(18)11(19)14-13-5-7-3-1-2-4-8(7)15(20)21/h1-5H,6H2,(H,12,18)(H,14,19)(H,16,17)/b13-5+. The van der Waals surface area contributed by atoms with Gasteiger partial charge in [0.2, 0.25) is 0 Å². The molecule has 0 heterocycles. The first-order valence-electron chi connectivity index (χ1n) is 5.48.